The number of fused-ring (bicyclic) bond motifs is 1. The first-order valence-corrected chi connectivity index (χ1v) is 9.21. The van der Waals surface area contributed by atoms with Crippen molar-refractivity contribution in [2.45, 2.75) is 0 Å². The molecular formula is C19H26N2O6. The first-order chi connectivity index (χ1) is 13.2. The molecule has 27 heavy (non-hydrogen) atoms. The molecule has 1 aromatic rings. The van der Waals surface area contributed by atoms with Crippen molar-refractivity contribution in [3.63, 3.8) is 0 Å². The van der Waals surface area contributed by atoms with Crippen molar-refractivity contribution >= 4 is 17.5 Å². The standard InChI is InChI=1S/C19H26N2O6/c1-20-18(22)16-3-2-15(14-17(16)19(20)23)21-4-6-24-8-10-26-12-13-27-11-9-25-7-5-21/h2-3,14H,4-13H2,1H3. The highest BCUT2D eigenvalue weighted by atomic mass is 16.6. The zero-order chi connectivity index (χ0) is 19.1. The van der Waals surface area contributed by atoms with Crippen LogP contribution in [0.4, 0.5) is 5.69 Å². The molecule has 1 aromatic carbocycles. The number of rotatable bonds is 1. The van der Waals surface area contributed by atoms with Crippen molar-refractivity contribution in [3.8, 4) is 0 Å². The molecular weight excluding hydrogens is 352 g/mol. The zero-order valence-corrected chi connectivity index (χ0v) is 15.6. The minimum Gasteiger partial charge on any atom is -0.377 e. The van der Waals surface area contributed by atoms with Crippen LogP contribution in [-0.2, 0) is 18.9 Å². The highest BCUT2D eigenvalue weighted by Crippen LogP contribution is 2.26. The molecule has 1 fully saturated rings. The van der Waals surface area contributed by atoms with Crippen molar-refractivity contribution in [1.82, 2.24) is 4.90 Å². The van der Waals surface area contributed by atoms with Gasteiger partial charge < -0.3 is 23.8 Å². The summed E-state index contributed by atoms with van der Waals surface area (Å²) in [6, 6.07) is 5.36. The molecule has 8 nitrogen and oxygen atoms in total. The van der Waals surface area contributed by atoms with Crippen LogP contribution >= 0.6 is 0 Å². The van der Waals surface area contributed by atoms with E-state index in [9.17, 15) is 9.59 Å². The fourth-order valence-corrected chi connectivity index (χ4v) is 3.03. The average molecular weight is 378 g/mol. The number of benzene rings is 1. The number of anilines is 1. The van der Waals surface area contributed by atoms with E-state index in [2.05, 4.69) is 4.90 Å². The van der Waals surface area contributed by atoms with Crippen LogP contribution in [0.25, 0.3) is 0 Å². The second-order valence-corrected chi connectivity index (χ2v) is 6.34. The normalized spacial score (nSPS) is 20.9. The molecule has 148 valence electrons. The van der Waals surface area contributed by atoms with Gasteiger partial charge in [0.05, 0.1) is 64.0 Å². The number of carbonyl (C=O) groups excluding carboxylic acids is 2. The summed E-state index contributed by atoms with van der Waals surface area (Å²) in [7, 11) is 1.50. The molecule has 0 spiro atoms. The van der Waals surface area contributed by atoms with E-state index in [4.69, 9.17) is 18.9 Å². The van der Waals surface area contributed by atoms with Gasteiger partial charge in [0.2, 0.25) is 0 Å². The van der Waals surface area contributed by atoms with Crippen LogP contribution in [0.3, 0.4) is 0 Å². The molecule has 2 aliphatic rings. The summed E-state index contributed by atoms with van der Waals surface area (Å²) < 4.78 is 22.1. The van der Waals surface area contributed by atoms with E-state index in [0.29, 0.717) is 77.1 Å². The Morgan fingerprint density at radius 2 is 1.19 bits per heavy atom. The van der Waals surface area contributed by atoms with E-state index in [0.717, 1.165) is 10.6 Å². The van der Waals surface area contributed by atoms with E-state index in [1.54, 1.807) is 12.1 Å². The van der Waals surface area contributed by atoms with Gasteiger partial charge in [0, 0.05) is 25.8 Å². The Labute approximate surface area is 158 Å². The minimum absolute atomic E-state index is 0.259. The molecule has 0 saturated carbocycles. The molecule has 0 N–H and O–H groups in total. The molecule has 2 heterocycles. The monoisotopic (exact) mass is 378 g/mol. The maximum atomic E-state index is 12.3. The van der Waals surface area contributed by atoms with Crippen molar-refractivity contribution in [1.29, 1.82) is 0 Å². The first kappa shape index (κ1) is 19.8. The van der Waals surface area contributed by atoms with E-state index >= 15 is 0 Å². The third-order valence-electron chi connectivity index (χ3n) is 4.57. The number of imide groups is 1. The van der Waals surface area contributed by atoms with Crippen LogP contribution in [-0.4, -0.2) is 89.7 Å². The van der Waals surface area contributed by atoms with Gasteiger partial charge in [-0.1, -0.05) is 0 Å². The second-order valence-electron chi connectivity index (χ2n) is 6.34. The molecule has 0 aromatic heterocycles. The van der Waals surface area contributed by atoms with Crippen molar-refractivity contribution < 1.29 is 28.5 Å². The maximum absolute atomic E-state index is 12.3. The number of hydrogen-bond acceptors (Lipinski definition) is 7. The quantitative estimate of drug-likeness (QED) is 0.669. The van der Waals surface area contributed by atoms with Crippen molar-refractivity contribution in [2.75, 3.05) is 77.9 Å². The summed E-state index contributed by atoms with van der Waals surface area (Å²) in [6.07, 6.45) is 0. The first-order valence-electron chi connectivity index (χ1n) is 9.21. The van der Waals surface area contributed by atoms with Crippen molar-refractivity contribution in [3.05, 3.63) is 29.3 Å². The van der Waals surface area contributed by atoms with Gasteiger partial charge in [-0.15, -0.1) is 0 Å². The molecule has 1 saturated heterocycles. The molecule has 2 aliphatic heterocycles. The second kappa shape index (κ2) is 9.80. The molecule has 0 bridgehead atoms. The fraction of sp³-hybridized carbons (Fsp3) is 0.579. The zero-order valence-electron chi connectivity index (χ0n) is 15.6. The number of carbonyl (C=O) groups is 2. The van der Waals surface area contributed by atoms with Crippen molar-refractivity contribution in [2.24, 2.45) is 0 Å². The number of hydrogen-bond donors (Lipinski definition) is 0. The largest absolute Gasteiger partial charge is 0.377 e. The van der Waals surface area contributed by atoms with E-state index in [1.807, 2.05) is 6.07 Å². The van der Waals surface area contributed by atoms with Gasteiger partial charge in [-0.05, 0) is 18.2 Å². The van der Waals surface area contributed by atoms with Gasteiger partial charge in [-0.3, -0.25) is 14.5 Å². The van der Waals surface area contributed by atoms with Crippen LogP contribution in [0.15, 0.2) is 18.2 Å². The van der Waals surface area contributed by atoms with Crippen LogP contribution in [0.5, 0.6) is 0 Å². The highest BCUT2D eigenvalue weighted by molar-refractivity contribution is 6.21. The molecule has 0 atom stereocenters. The third-order valence-corrected chi connectivity index (χ3v) is 4.57. The summed E-state index contributed by atoms with van der Waals surface area (Å²) >= 11 is 0. The van der Waals surface area contributed by atoms with E-state index in [1.165, 1.54) is 7.05 Å². The SMILES string of the molecule is CN1C(=O)c2ccc(N3CCOCCOCCOCCOCC3)cc2C1=O. The Kier molecular flexibility index (Phi) is 7.17. The van der Waals surface area contributed by atoms with E-state index < -0.39 is 0 Å². The molecule has 3 rings (SSSR count). The number of nitrogens with zero attached hydrogens (tertiary/aromatic N) is 2. The third kappa shape index (κ3) is 5.04. The molecule has 0 unspecified atom stereocenters. The summed E-state index contributed by atoms with van der Waals surface area (Å²) in [5, 5.41) is 0. The topological polar surface area (TPSA) is 77.5 Å². The van der Waals surface area contributed by atoms with Crippen LogP contribution in [0.1, 0.15) is 20.7 Å². The fourth-order valence-electron chi connectivity index (χ4n) is 3.03. The molecule has 8 heteroatoms. The summed E-state index contributed by atoms with van der Waals surface area (Å²) in [4.78, 5) is 27.6. The Bertz CT molecular complexity index is 650. The van der Waals surface area contributed by atoms with Gasteiger partial charge in [0.15, 0.2) is 0 Å². The predicted octanol–water partition coefficient (Wildman–Crippen LogP) is 0.799. The van der Waals surface area contributed by atoms with Gasteiger partial charge in [0.1, 0.15) is 0 Å². The summed E-state index contributed by atoms with van der Waals surface area (Å²) in [5.41, 5.74) is 1.76. The maximum Gasteiger partial charge on any atom is 0.261 e. The lowest BCUT2D eigenvalue weighted by atomic mass is 10.1. The van der Waals surface area contributed by atoms with Gasteiger partial charge >= 0.3 is 0 Å². The molecule has 0 radical (unpaired) electrons. The lowest BCUT2D eigenvalue weighted by Crippen LogP contribution is -2.31. The molecule has 0 aliphatic carbocycles. The number of ether oxygens (including phenoxy) is 4. The number of amides is 2. The Hall–Kier alpha value is -2.00. The molecule has 2 amide bonds. The Morgan fingerprint density at radius 3 is 1.74 bits per heavy atom. The van der Waals surface area contributed by atoms with E-state index in [-0.39, 0.29) is 11.8 Å². The highest BCUT2D eigenvalue weighted by Gasteiger charge is 2.33. The minimum atomic E-state index is -0.267. The van der Waals surface area contributed by atoms with Crippen LogP contribution in [0.2, 0.25) is 0 Å². The van der Waals surface area contributed by atoms with Gasteiger partial charge in [-0.25, -0.2) is 0 Å². The smallest absolute Gasteiger partial charge is 0.261 e. The lowest BCUT2D eigenvalue weighted by Gasteiger charge is -2.25. The average Bonchev–Trinajstić information content (AvgIpc) is 2.89. The van der Waals surface area contributed by atoms with Crippen LogP contribution < -0.4 is 4.90 Å². The van der Waals surface area contributed by atoms with Crippen LogP contribution in [0, 0.1) is 0 Å². The van der Waals surface area contributed by atoms with Gasteiger partial charge in [-0.2, -0.15) is 0 Å². The van der Waals surface area contributed by atoms with Gasteiger partial charge in [0.25, 0.3) is 11.8 Å². The predicted molar refractivity (Wildman–Crippen MR) is 98.4 cm³/mol. The lowest BCUT2D eigenvalue weighted by molar-refractivity contribution is 0.00206. The Balaban J connectivity index is 1.68. The summed E-state index contributed by atoms with van der Waals surface area (Å²) in [6.45, 7) is 5.56. The summed E-state index contributed by atoms with van der Waals surface area (Å²) in [5.74, 6) is -0.526. The Morgan fingerprint density at radius 1 is 0.704 bits per heavy atom.